The summed E-state index contributed by atoms with van der Waals surface area (Å²) in [5.41, 5.74) is -2.43. The first-order valence-corrected chi connectivity index (χ1v) is 10.3. The summed E-state index contributed by atoms with van der Waals surface area (Å²) in [5, 5.41) is 13.0. The summed E-state index contributed by atoms with van der Waals surface area (Å²) in [6, 6.07) is 10.6. The Morgan fingerprint density at radius 1 is 1.06 bits per heavy atom. The van der Waals surface area contributed by atoms with Crippen molar-refractivity contribution in [3.63, 3.8) is 0 Å². The lowest BCUT2D eigenvalue weighted by molar-refractivity contribution is -0.137. The number of benzene rings is 3. The highest BCUT2D eigenvalue weighted by molar-refractivity contribution is 9.10. The largest absolute Gasteiger partial charge is 0.478 e. The van der Waals surface area contributed by atoms with Gasteiger partial charge in [-0.2, -0.15) is 23.0 Å². The third-order valence-electron chi connectivity index (χ3n) is 4.84. The molecule has 1 heterocycles. The summed E-state index contributed by atoms with van der Waals surface area (Å²) in [6.45, 7) is 0. The topological polar surface area (TPSA) is 72.2 Å². The molecule has 5 nitrogen and oxygen atoms in total. The van der Waals surface area contributed by atoms with E-state index in [1.807, 2.05) is 0 Å². The zero-order chi connectivity index (χ0) is 24.1. The number of hydrogen-bond acceptors (Lipinski definition) is 3. The van der Waals surface area contributed by atoms with Gasteiger partial charge in [-0.25, -0.2) is 9.18 Å². The van der Waals surface area contributed by atoms with Crippen LogP contribution in [0.25, 0.3) is 22.2 Å². The number of rotatable bonds is 3. The van der Waals surface area contributed by atoms with Gasteiger partial charge in [0.05, 0.1) is 27.2 Å². The molecule has 33 heavy (non-hydrogen) atoms. The molecule has 4 rings (SSSR count). The maximum atomic E-state index is 14.7. The summed E-state index contributed by atoms with van der Waals surface area (Å²) >= 11 is 9.21. The fourth-order valence-corrected chi connectivity index (χ4v) is 3.97. The molecule has 0 spiro atoms. The van der Waals surface area contributed by atoms with Crippen molar-refractivity contribution >= 4 is 50.3 Å². The quantitative estimate of drug-likeness (QED) is 0.294. The summed E-state index contributed by atoms with van der Waals surface area (Å²) < 4.78 is 56.6. The molecule has 0 saturated heterocycles. The minimum Gasteiger partial charge on any atom is -0.478 e. The Kier molecular flexibility index (Phi) is 5.75. The van der Waals surface area contributed by atoms with Gasteiger partial charge < -0.3 is 5.11 Å². The van der Waals surface area contributed by atoms with E-state index in [9.17, 15) is 27.2 Å². The van der Waals surface area contributed by atoms with Crippen molar-refractivity contribution < 1.29 is 32.3 Å². The van der Waals surface area contributed by atoms with E-state index in [1.165, 1.54) is 18.2 Å². The van der Waals surface area contributed by atoms with Gasteiger partial charge in [0.2, 0.25) is 0 Å². The molecular formula is C22H10BrClF4N2O3. The Bertz CT molecular complexity index is 1450. The molecule has 3 aromatic carbocycles. The first kappa shape index (κ1) is 22.9. The molecule has 0 fully saturated rings. The summed E-state index contributed by atoms with van der Waals surface area (Å²) in [6.07, 6.45) is -4.86. The standard InChI is InChI=1S/C22H10BrClF4N2O3/c23-11-5-7-13-17(9-11)30(20(31)18-14(22(26,27)28)2-1-3-15(18)24)29-19(13)12-6-4-10(21(32)33)8-16(12)25/h1-9H,(H,32,33). The Balaban J connectivity index is 1.98. The zero-order valence-electron chi connectivity index (χ0n) is 16.1. The lowest BCUT2D eigenvalue weighted by Crippen LogP contribution is -2.20. The molecular weight excluding hydrogens is 532 g/mol. The van der Waals surface area contributed by atoms with E-state index in [0.29, 0.717) is 4.47 Å². The molecule has 0 amide bonds. The Morgan fingerprint density at radius 3 is 2.42 bits per heavy atom. The van der Waals surface area contributed by atoms with E-state index in [4.69, 9.17) is 16.7 Å². The fraction of sp³-hybridized carbons (Fsp3) is 0.0455. The van der Waals surface area contributed by atoms with E-state index < -0.39 is 40.0 Å². The van der Waals surface area contributed by atoms with Gasteiger partial charge in [0, 0.05) is 15.4 Å². The molecule has 0 atom stereocenters. The lowest BCUT2D eigenvalue weighted by Gasteiger charge is -2.13. The van der Waals surface area contributed by atoms with Crippen LogP contribution in [0.1, 0.15) is 26.3 Å². The van der Waals surface area contributed by atoms with Gasteiger partial charge in [0.25, 0.3) is 5.91 Å². The SMILES string of the molecule is O=C(O)c1ccc(-c2nn(C(=O)c3c(Cl)cccc3C(F)(F)F)c3cc(Br)ccc23)c(F)c1. The Labute approximate surface area is 196 Å². The van der Waals surface area contributed by atoms with Crippen LogP contribution < -0.4 is 0 Å². The number of aromatic carboxylic acids is 1. The van der Waals surface area contributed by atoms with Gasteiger partial charge in [-0.15, -0.1) is 0 Å². The lowest BCUT2D eigenvalue weighted by atomic mass is 10.0. The van der Waals surface area contributed by atoms with Crippen molar-refractivity contribution in [1.29, 1.82) is 0 Å². The number of carboxylic acids is 1. The molecule has 1 aromatic heterocycles. The highest BCUT2D eigenvalue weighted by Gasteiger charge is 2.37. The number of alkyl halides is 3. The van der Waals surface area contributed by atoms with Gasteiger partial charge in [0.1, 0.15) is 11.5 Å². The number of hydrogen-bond donors (Lipinski definition) is 1. The smallest absolute Gasteiger partial charge is 0.417 e. The van der Waals surface area contributed by atoms with E-state index in [1.54, 1.807) is 6.07 Å². The summed E-state index contributed by atoms with van der Waals surface area (Å²) in [5.74, 6) is -3.43. The predicted octanol–water partition coefficient (Wildman–Crippen LogP) is 6.66. The van der Waals surface area contributed by atoms with Crippen LogP contribution in [-0.4, -0.2) is 26.8 Å². The van der Waals surface area contributed by atoms with Crippen molar-refractivity contribution in [2.45, 2.75) is 6.18 Å². The molecule has 0 saturated carbocycles. The molecule has 4 aromatic rings. The normalized spacial score (nSPS) is 11.7. The maximum absolute atomic E-state index is 14.7. The van der Waals surface area contributed by atoms with Crippen LogP contribution in [0, 0.1) is 5.82 Å². The minimum absolute atomic E-state index is 0.0547. The molecule has 0 unspecified atom stereocenters. The van der Waals surface area contributed by atoms with Gasteiger partial charge in [-0.05, 0) is 48.5 Å². The van der Waals surface area contributed by atoms with Crippen molar-refractivity contribution in [2.24, 2.45) is 0 Å². The molecule has 1 N–H and O–H groups in total. The molecule has 0 aliphatic rings. The minimum atomic E-state index is -4.86. The fourth-order valence-electron chi connectivity index (χ4n) is 3.37. The first-order chi connectivity index (χ1) is 15.5. The van der Waals surface area contributed by atoms with Crippen LogP contribution in [-0.2, 0) is 6.18 Å². The van der Waals surface area contributed by atoms with Gasteiger partial charge >= 0.3 is 12.1 Å². The average molecular weight is 542 g/mol. The number of carbonyl (C=O) groups is 2. The van der Waals surface area contributed by atoms with E-state index in [-0.39, 0.29) is 27.7 Å². The Morgan fingerprint density at radius 2 is 1.79 bits per heavy atom. The van der Waals surface area contributed by atoms with E-state index in [2.05, 4.69) is 21.0 Å². The summed E-state index contributed by atoms with van der Waals surface area (Å²) in [7, 11) is 0. The molecule has 168 valence electrons. The van der Waals surface area contributed by atoms with Crippen LogP contribution in [0.3, 0.4) is 0 Å². The summed E-state index contributed by atoms with van der Waals surface area (Å²) in [4.78, 5) is 24.4. The van der Waals surface area contributed by atoms with Crippen LogP contribution in [0.4, 0.5) is 17.6 Å². The average Bonchev–Trinajstić information content (AvgIpc) is 3.10. The van der Waals surface area contributed by atoms with Gasteiger partial charge in [-0.1, -0.05) is 33.6 Å². The highest BCUT2D eigenvalue weighted by atomic mass is 79.9. The maximum Gasteiger partial charge on any atom is 0.417 e. The molecule has 11 heteroatoms. The van der Waals surface area contributed by atoms with Crippen molar-refractivity contribution in [3.05, 3.63) is 86.6 Å². The number of carbonyl (C=O) groups excluding carboxylic acids is 1. The second-order valence-electron chi connectivity index (χ2n) is 6.89. The first-order valence-electron chi connectivity index (χ1n) is 9.11. The second kappa shape index (κ2) is 8.27. The van der Waals surface area contributed by atoms with Crippen molar-refractivity contribution in [2.75, 3.05) is 0 Å². The van der Waals surface area contributed by atoms with Gasteiger partial charge in [0.15, 0.2) is 0 Å². The number of carboxylic acid groups (broad SMARTS) is 1. The van der Waals surface area contributed by atoms with E-state index in [0.717, 1.165) is 35.0 Å². The molecule has 0 bridgehead atoms. The van der Waals surface area contributed by atoms with Crippen LogP contribution in [0.5, 0.6) is 0 Å². The number of nitrogens with zero attached hydrogens (tertiary/aromatic N) is 2. The third-order valence-corrected chi connectivity index (χ3v) is 5.65. The molecule has 0 aliphatic carbocycles. The monoisotopic (exact) mass is 540 g/mol. The van der Waals surface area contributed by atoms with Gasteiger partial charge in [-0.3, -0.25) is 4.79 Å². The number of aromatic nitrogens is 2. The zero-order valence-corrected chi connectivity index (χ0v) is 18.5. The predicted molar refractivity (Wildman–Crippen MR) is 116 cm³/mol. The van der Waals surface area contributed by atoms with Crippen LogP contribution >= 0.6 is 27.5 Å². The number of fused-ring (bicyclic) bond motifs is 1. The van der Waals surface area contributed by atoms with Crippen molar-refractivity contribution in [1.82, 2.24) is 9.78 Å². The Hall–Kier alpha value is -3.24. The molecule has 0 radical (unpaired) electrons. The second-order valence-corrected chi connectivity index (χ2v) is 8.21. The third kappa shape index (κ3) is 4.11. The highest BCUT2D eigenvalue weighted by Crippen LogP contribution is 2.37. The molecule has 0 aliphatic heterocycles. The van der Waals surface area contributed by atoms with Crippen molar-refractivity contribution in [3.8, 4) is 11.3 Å². The number of halogens is 6. The van der Waals surface area contributed by atoms with Crippen LogP contribution in [0.15, 0.2) is 59.1 Å². The van der Waals surface area contributed by atoms with Crippen LogP contribution in [0.2, 0.25) is 5.02 Å². The van der Waals surface area contributed by atoms with E-state index >= 15 is 0 Å².